The fraction of sp³-hybridized carbons (Fsp3) is 0.300. The Morgan fingerprint density at radius 2 is 2.00 bits per heavy atom. The molecule has 0 radical (unpaired) electrons. The van der Waals surface area contributed by atoms with Crippen molar-refractivity contribution in [1.29, 1.82) is 0 Å². The molecular weight excluding hydrogens is 364 g/mol. The standard InChI is InChI=1S/C20H20N2O4S/c1-2-18(23)21-14-5-3-4-13(10-14)20-22(19(24)12-27-20)15-6-7-16-17(11-15)26-9-8-25-16/h3-7,10-11,20H,2,8-9,12H2,1H3,(H,21,23)/t20-/m0/s1. The highest BCUT2D eigenvalue weighted by molar-refractivity contribution is 8.00. The Kier molecular flexibility index (Phi) is 4.94. The molecule has 0 aromatic heterocycles. The van der Waals surface area contributed by atoms with Gasteiger partial charge in [-0.2, -0.15) is 0 Å². The first kappa shape index (κ1) is 17.7. The lowest BCUT2D eigenvalue weighted by Crippen LogP contribution is -2.28. The zero-order valence-electron chi connectivity index (χ0n) is 14.9. The molecule has 2 heterocycles. The summed E-state index contributed by atoms with van der Waals surface area (Å²) in [6, 6.07) is 13.2. The lowest BCUT2D eigenvalue weighted by Gasteiger charge is -2.26. The summed E-state index contributed by atoms with van der Waals surface area (Å²) in [5.74, 6) is 1.77. The van der Waals surface area contributed by atoms with Gasteiger partial charge in [-0.05, 0) is 29.8 Å². The second kappa shape index (κ2) is 7.52. The van der Waals surface area contributed by atoms with Crippen molar-refractivity contribution in [3.63, 3.8) is 0 Å². The quantitative estimate of drug-likeness (QED) is 0.873. The van der Waals surface area contributed by atoms with Crippen LogP contribution in [0, 0.1) is 0 Å². The van der Waals surface area contributed by atoms with E-state index in [1.165, 1.54) is 0 Å². The van der Waals surface area contributed by atoms with Crippen LogP contribution in [0.1, 0.15) is 24.3 Å². The van der Waals surface area contributed by atoms with Gasteiger partial charge in [0.2, 0.25) is 11.8 Å². The summed E-state index contributed by atoms with van der Waals surface area (Å²) in [5.41, 5.74) is 2.48. The fourth-order valence-electron chi connectivity index (χ4n) is 3.15. The lowest BCUT2D eigenvalue weighted by atomic mass is 10.1. The van der Waals surface area contributed by atoms with Crippen LogP contribution in [0.3, 0.4) is 0 Å². The first-order valence-corrected chi connectivity index (χ1v) is 9.93. The van der Waals surface area contributed by atoms with Crippen LogP contribution in [-0.2, 0) is 9.59 Å². The third-order valence-corrected chi connectivity index (χ3v) is 5.66. The Morgan fingerprint density at radius 3 is 2.81 bits per heavy atom. The zero-order valence-corrected chi connectivity index (χ0v) is 15.8. The topological polar surface area (TPSA) is 67.9 Å². The largest absolute Gasteiger partial charge is 0.486 e. The molecule has 2 aromatic carbocycles. The molecule has 1 atom stereocenters. The molecule has 2 amide bonds. The van der Waals surface area contributed by atoms with Crippen LogP contribution in [0.5, 0.6) is 11.5 Å². The molecule has 2 aromatic rings. The van der Waals surface area contributed by atoms with Gasteiger partial charge in [0.05, 0.1) is 5.75 Å². The third kappa shape index (κ3) is 3.60. The normalized spacial score (nSPS) is 18.5. The Morgan fingerprint density at radius 1 is 1.19 bits per heavy atom. The van der Waals surface area contributed by atoms with Gasteiger partial charge in [0.25, 0.3) is 0 Å². The lowest BCUT2D eigenvalue weighted by molar-refractivity contribution is -0.116. The highest BCUT2D eigenvalue weighted by Crippen LogP contribution is 2.44. The molecule has 4 rings (SSSR count). The zero-order chi connectivity index (χ0) is 18.8. The van der Waals surface area contributed by atoms with E-state index in [2.05, 4.69) is 5.32 Å². The number of ether oxygens (including phenoxy) is 2. The van der Waals surface area contributed by atoms with Crippen molar-refractivity contribution in [1.82, 2.24) is 0 Å². The average Bonchev–Trinajstić information content (AvgIpc) is 3.09. The molecule has 140 valence electrons. The predicted molar refractivity (Wildman–Crippen MR) is 105 cm³/mol. The third-order valence-electron chi connectivity index (χ3n) is 4.45. The van der Waals surface area contributed by atoms with Crippen LogP contribution in [0.2, 0.25) is 0 Å². The average molecular weight is 384 g/mol. The summed E-state index contributed by atoms with van der Waals surface area (Å²) in [5, 5.41) is 2.72. The minimum atomic E-state index is -0.154. The van der Waals surface area contributed by atoms with E-state index < -0.39 is 0 Å². The van der Waals surface area contributed by atoms with E-state index in [0.29, 0.717) is 36.9 Å². The molecule has 2 aliphatic rings. The number of anilines is 2. The predicted octanol–water partition coefficient (Wildman–Crippen LogP) is 3.58. The van der Waals surface area contributed by atoms with Crippen molar-refractivity contribution in [3.05, 3.63) is 48.0 Å². The van der Waals surface area contributed by atoms with Crippen LogP contribution in [0.4, 0.5) is 11.4 Å². The fourth-order valence-corrected chi connectivity index (χ4v) is 4.32. The van der Waals surface area contributed by atoms with E-state index in [-0.39, 0.29) is 17.2 Å². The van der Waals surface area contributed by atoms with Crippen molar-refractivity contribution in [2.24, 2.45) is 0 Å². The maximum Gasteiger partial charge on any atom is 0.238 e. The Hall–Kier alpha value is -2.67. The molecule has 1 fully saturated rings. The highest BCUT2D eigenvalue weighted by Gasteiger charge is 2.34. The van der Waals surface area contributed by atoms with Gasteiger partial charge >= 0.3 is 0 Å². The molecule has 27 heavy (non-hydrogen) atoms. The number of carbonyl (C=O) groups is 2. The van der Waals surface area contributed by atoms with Crippen molar-refractivity contribution < 1.29 is 19.1 Å². The summed E-state index contributed by atoms with van der Waals surface area (Å²) in [6.07, 6.45) is 0.421. The molecule has 7 heteroatoms. The number of benzene rings is 2. The Bertz CT molecular complexity index is 886. The van der Waals surface area contributed by atoms with E-state index in [1.807, 2.05) is 49.4 Å². The van der Waals surface area contributed by atoms with E-state index in [9.17, 15) is 9.59 Å². The molecule has 0 saturated carbocycles. The maximum atomic E-state index is 12.6. The van der Waals surface area contributed by atoms with E-state index >= 15 is 0 Å². The molecule has 0 unspecified atom stereocenters. The van der Waals surface area contributed by atoms with Gasteiger partial charge in [-0.25, -0.2) is 0 Å². The molecule has 0 aliphatic carbocycles. The molecule has 1 N–H and O–H groups in total. The van der Waals surface area contributed by atoms with Crippen LogP contribution in [0.15, 0.2) is 42.5 Å². The smallest absolute Gasteiger partial charge is 0.238 e. The summed E-state index contributed by atoms with van der Waals surface area (Å²) in [4.78, 5) is 26.1. The summed E-state index contributed by atoms with van der Waals surface area (Å²) in [6.45, 7) is 2.85. The van der Waals surface area contributed by atoms with Crippen molar-refractivity contribution in [3.8, 4) is 11.5 Å². The molecule has 0 spiro atoms. The second-order valence-corrected chi connectivity index (χ2v) is 7.35. The number of hydrogen-bond donors (Lipinski definition) is 1. The Labute approximate surface area is 161 Å². The summed E-state index contributed by atoms with van der Waals surface area (Å²) >= 11 is 1.57. The highest BCUT2D eigenvalue weighted by atomic mass is 32.2. The number of nitrogens with one attached hydrogen (secondary N) is 1. The van der Waals surface area contributed by atoms with Gasteiger partial charge in [-0.3, -0.25) is 14.5 Å². The first-order chi connectivity index (χ1) is 13.2. The molecular formula is C20H20N2O4S. The minimum absolute atomic E-state index is 0.0361. The van der Waals surface area contributed by atoms with Gasteiger partial charge in [0.15, 0.2) is 11.5 Å². The Balaban J connectivity index is 1.64. The minimum Gasteiger partial charge on any atom is -0.486 e. The van der Waals surface area contributed by atoms with Gasteiger partial charge in [-0.1, -0.05) is 19.1 Å². The van der Waals surface area contributed by atoms with Crippen LogP contribution >= 0.6 is 11.8 Å². The number of nitrogens with zero attached hydrogens (tertiary/aromatic N) is 1. The number of carbonyl (C=O) groups excluding carboxylic acids is 2. The summed E-state index contributed by atoms with van der Waals surface area (Å²) < 4.78 is 11.2. The second-order valence-electron chi connectivity index (χ2n) is 6.28. The van der Waals surface area contributed by atoms with Gasteiger partial charge < -0.3 is 14.8 Å². The van der Waals surface area contributed by atoms with E-state index in [1.54, 1.807) is 16.7 Å². The monoisotopic (exact) mass is 384 g/mol. The maximum absolute atomic E-state index is 12.6. The van der Waals surface area contributed by atoms with E-state index in [0.717, 1.165) is 16.9 Å². The van der Waals surface area contributed by atoms with E-state index in [4.69, 9.17) is 9.47 Å². The molecule has 0 bridgehead atoms. The molecule has 1 saturated heterocycles. The number of amides is 2. The van der Waals surface area contributed by atoms with Crippen molar-refractivity contribution >= 4 is 35.0 Å². The molecule has 2 aliphatic heterocycles. The SMILES string of the molecule is CCC(=O)Nc1cccc([C@@H]2SCC(=O)N2c2ccc3c(c2)OCCO3)c1. The van der Waals surface area contributed by atoms with Crippen LogP contribution < -0.4 is 19.7 Å². The molecule has 6 nitrogen and oxygen atoms in total. The number of thioether (sulfide) groups is 1. The van der Waals surface area contributed by atoms with Crippen LogP contribution in [-0.4, -0.2) is 30.8 Å². The number of hydrogen-bond acceptors (Lipinski definition) is 5. The number of fused-ring (bicyclic) bond motifs is 1. The van der Waals surface area contributed by atoms with Gasteiger partial charge in [0.1, 0.15) is 18.6 Å². The summed E-state index contributed by atoms with van der Waals surface area (Å²) in [7, 11) is 0. The van der Waals surface area contributed by atoms with Crippen LogP contribution in [0.25, 0.3) is 0 Å². The first-order valence-electron chi connectivity index (χ1n) is 8.89. The number of rotatable bonds is 4. The van der Waals surface area contributed by atoms with Crippen molar-refractivity contribution in [2.75, 3.05) is 29.2 Å². The van der Waals surface area contributed by atoms with Gasteiger partial charge in [-0.15, -0.1) is 11.8 Å². The van der Waals surface area contributed by atoms with Crippen molar-refractivity contribution in [2.45, 2.75) is 18.7 Å². The van der Waals surface area contributed by atoms with Gasteiger partial charge in [0, 0.05) is 23.9 Å².